The molecule has 0 bridgehead atoms. The first-order chi connectivity index (χ1) is 15.6. The molecule has 1 saturated carbocycles. The Hall–Kier alpha value is -2.83. The first-order valence-corrected chi connectivity index (χ1v) is 11.6. The fourth-order valence-electron chi connectivity index (χ4n) is 2.83. The number of aryl methyl sites for hydroxylation is 1. The van der Waals surface area contributed by atoms with Gasteiger partial charge in [0.05, 0.1) is 18.6 Å². The van der Waals surface area contributed by atoms with Gasteiger partial charge in [-0.15, -0.1) is 0 Å². The fraction of sp³-hybridized carbons (Fsp3) is 0.577. The summed E-state index contributed by atoms with van der Waals surface area (Å²) in [7, 11) is 0. The average Bonchev–Trinajstić information content (AvgIpc) is 2.78. The van der Waals surface area contributed by atoms with E-state index in [0.29, 0.717) is 24.2 Å². The topological polar surface area (TPSA) is 88.1 Å². The summed E-state index contributed by atoms with van der Waals surface area (Å²) >= 11 is 0. The lowest BCUT2D eigenvalue weighted by molar-refractivity contribution is -0.143. The van der Waals surface area contributed by atoms with Crippen molar-refractivity contribution in [2.24, 2.45) is 5.41 Å². The highest BCUT2D eigenvalue weighted by Gasteiger charge is 2.24. The minimum Gasteiger partial charge on any atom is -0.463 e. The van der Waals surface area contributed by atoms with Crippen LogP contribution in [-0.2, 0) is 19.1 Å². The zero-order chi connectivity index (χ0) is 24.7. The minimum absolute atomic E-state index is 0.144. The smallest absolute Gasteiger partial charge is 0.463 e. The zero-order valence-corrected chi connectivity index (χ0v) is 20.4. The molecule has 33 heavy (non-hydrogen) atoms. The monoisotopic (exact) mass is 462 g/mol. The third kappa shape index (κ3) is 12.7. The van der Waals surface area contributed by atoms with Gasteiger partial charge in [0.1, 0.15) is 11.5 Å². The largest absolute Gasteiger partial charge is 0.513 e. The van der Waals surface area contributed by atoms with E-state index in [0.717, 1.165) is 6.08 Å². The van der Waals surface area contributed by atoms with E-state index in [-0.39, 0.29) is 24.9 Å². The number of hydrogen-bond donors (Lipinski definition) is 0. The molecular formula is C26H38O7. The lowest BCUT2D eigenvalue weighted by Crippen LogP contribution is -2.25. The Labute approximate surface area is 197 Å². The van der Waals surface area contributed by atoms with E-state index in [1.807, 2.05) is 0 Å². The third-order valence-corrected chi connectivity index (χ3v) is 4.83. The van der Waals surface area contributed by atoms with Crippen molar-refractivity contribution >= 4 is 18.1 Å². The molecule has 1 aliphatic rings. The Kier molecular flexibility index (Phi) is 12.9. The number of hydrogen-bond acceptors (Lipinski definition) is 7. The number of esters is 2. The molecule has 0 heterocycles. The van der Waals surface area contributed by atoms with Crippen LogP contribution < -0.4 is 9.47 Å². The predicted molar refractivity (Wildman–Crippen MR) is 126 cm³/mol. The van der Waals surface area contributed by atoms with Crippen molar-refractivity contribution in [2.45, 2.75) is 79.1 Å². The summed E-state index contributed by atoms with van der Waals surface area (Å²) in [5.41, 5.74) is 0.0389. The van der Waals surface area contributed by atoms with Gasteiger partial charge in [0.15, 0.2) is 0 Å². The van der Waals surface area contributed by atoms with Crippen molar-refractivity contribution in [3.8, 4) is 11.5 Å². The fourth-order valence-corrected chi connectivity index (χ4v) is 2.83. The van der Waals surface area contributed by atoms with Crippen molar-refractivity contribution in [3.05, 3.63) is 36.4 Å². The van der Waals surface area contributed by atoms with Crippen molar-refractivity contribution in [3.63, 3.8) is 0 Å². The SMILES string of the molecule is C1CCCCC1.C=CC(=O)OCCCCOC(=O)Oc1ccc(OC(=O)C(C)(C)C)c(C)c1. The first kappa shape index (κ1) is 28.2. The van der Waals surface area contributed by atoms with Gasteiger partial charge < -0.3 is 18.9 Å². The molecule has 0 unspecified atom stereocenters. The van der Waals surface area contributed by atoms with Gasteiger partial charge in [0, 0.05) is 6.08 Å². The van der Waals surface area contributed by atoms with Gasteiger partial charge in [0.2, 0.25) is 0 Å². The number of carbonyl (C=O) groups is 3. The maximum absolute atomic E-state index is 11.9. The van der Waals surface area contributed by atoms with Crippen molar-refractivity contribution in [1.29, 1.82) is 0 Å². The van der Waals surface area contributed by atoms with Gasteiger partial charge in [-0.25, -0.2) is 9.59 Å². The Balaban J connectivity index is 0.000000779. The Morgan fingerprint density at radius 1 is 0.909 bits per heavy atom. The molecule has 0 aliphatic heterocycles. The molecule has 1 aromatic rings. The number of rotatable bonds is 8. The maximum atomic E-state index is 11.9. The molecule has 0 radical (unpaired) electrons. The molecule has 0 atom stereocenters. The van der Waals surface area contributed by atoms with Crippen LogP contribution in [-0.4, -0.2) is 31.3 Å². The van der Waals surface area contributed by atoms with Gasteiger partial charge in [-0.1, -0.05) is 45.1 Å². The molecule has 2 rings (SSSR count). The van der Waals surface area contributed by atoms with Gasteiger partial charge in [-0.05, 0) is 64.3 Å². The van der Waals surface area contributed by atoms with Gasteiger partial charge in [0.25, 0.3) is 0 Å². The van der Waals surface area contributed by atoms with E-state index >= 15 is 0 Å². The van der Waals surface area contributed by atoms with Crippen LogP contribution in [0, 0.1) is 12.3 Å². The van der Waals surface area contributed by atoms with E-state index < -0.39 is 17.5 Å². The molecule has 0 spiro atoms. The summed E-state index contributed by atoms with van der Waals surface area (Å²) in [4.78, 5) is 34.5. The number of benzene rings is 1. The van der Waals surface area contributed by atoms with Crippen LogP contribution in [0.3, 0.4) is 0 Å². The van der Waals surface area contributed by atoms with Crippen molar-refractivity contribution in [1.82, 2.24) is 0 Å². The van der Waals surface area contributed by atoms with Gasteiger partial charge >= 0.3 is 18.1 Å². The summed E-state index contributed by atoms with van der Waals surface area (Å²) in [6.45, 7) is 10.7. The second kappa shape index (κ2) is 15.1. The molecule has 1 aromatic carbocycles. The highest BCUT2D eigenvalue weighted by atomic mass is 16.7. The molecule has 7 heteroatoms. The van der Waals surface area contributed by atoms with Crippen LogP contribution in [0.1, 0.15) is 77.7 Å². The summed E-state index contributed by atoms with van der Waals surface area (Å²) in [6, 6.07) is 4.67. The molecule has 0 saturated heterocycles. The molecule has 1 aliphatic carbocycles. The standard InChI is InChI=1S/C20H26O7.C6H12/c1-6-17(21)24-11-7-8-12-25-19(23)26-15-9-10-16(14(2)13-15)27-18(22)20(3,4)5;1-2-4-6-5-3-1/h6,9-10,13H,1,7-8,11-12H2,2-5H3;1-6H2. The molecule has 1 fully saturated rings. The molecule has 184 valence electrons. The quantitative estimate of drug-likeness (QED) is 0.147. The number of unbranched alkanes of at least 4 members (excludes halogenated alkanes) is 1. The molecule has 0 N–H and O–H groups in total. The van der Waals surface area contributed by atoms with Gasteiger partial charge in [-0.2, -0.15) is 0 Å². The summed E-state index contributed by atoms with van der Waals surface area (Å²) in [5.74, 6) is -0.141. The van der Waals surface area contributed by atoms with E-state index in [2.05, 4.69) is 6.58 Å². The first-order valence-electron chi connectivity index (χ1n) is 11.6. The van der Waals surface area contributed by atoms with Crippen molar-refractivity contribution < 1.29 is 33.3 Å². The molecule has 0 amide bonds. The second-order valence-corrected chi connectivity index (χ2v) is 8.97. The molecule has 0 aromatic heterocycles. The summed E-state index contributed by atoms with van der Waals surface area (Å²) in [6.07, 6.45) is 10.3. The van der Waals surface area contributed by atoms with Crippen LogP contribution in [0.5, 0.6) is 11.5 Å². The van der Waals surface area contributed by atoms with E-state index in [9.17, 15) is 14.4 Å². The van der Waals surface area contributed by atoms with Crippen LogP contribution in [0.25, 0.3) is 0 Å². The third-order valence-electron chi connectivity index (χ3n) is 4.83. The average molecular weight is 463 g/mol. The number of carbonyl (C=O) groups excluding carboxylic acids is 3. The summed E-state index contributed by atoms with van der Waals surface area (Å²) < 4.78 is 20.2. The lowest BCUT2D eigenvalue weighted by atomic mass is 9.97. The van der Waals surface area contributed by atoms with Gasteiger partial charge in [-0.3, -0.25) is 4.79 Å². The number of ether oxygens (including phenoxy) is 4. The Morgan fingerprint density at radius 2 is 1.45 bits per heavy atom. The van der Waals surface area contributed by atoms with E-state index in [1.54, 1.807) is 39.8 Å². The normalized spacial score (nSPS) is 13.1. The van der Waals surface area contributed by atoms with Crippen LogP contribution in [0.15, 0.2) is 30.9 Å². The van der Waals surface area contributed by atoms with E-state index in [4.69, 9.17) is 18.9 Å². The summed E-state index contributed by atoms with van der Waals surface area (Å²) in [5, 5.41) is 0. The van der Waals surface area contributed by atoms with E-state index in [1.165, 1.54) is 44.6 Å². The molecule has 7 nitrogen and oxygen atoms in total. The maximum Gasteiger partial charge on any atom is 0.513 e. The highest BCUT2D eigenvalue weighted by molar-refractivity contribution is 5.81. The highest BCUT2D eigenvalue weighted by Crippen LogP contribution is 2.26. The van der Waals surface area contributed by atoms with Crippen LogP contribution >= 0.6 is 0 Å². The second-order valence-electron chi connectivity index (χ2n) is 8.97. The Bertz CT molecular complexity index is 762. The van der Waals surface area contributed by atoms with Crippen LogP contribution in [0.2, 0.25) is 0 Å². The predicted octanol–water partition coefficient (Wildman–Crippen LogP) is 6.31. The van der Waals surface area contributed by atoms with Crippen molar-refractivity contribution in [2.75, 3.05) is 13.2 Å². The lowest BCUT2D eigenvalue weighted by Gasteiger charge is -2.17. The minimum atomic E-state index is -0.836. The van der Waals surface area contributed by atoms with Crippen LogP contribution in [0.4, 0.5) is 4.79 Å². The Morgan fingerprint density at radius 3 is 1.94 bits per heavy atom. The molecular weight excluding hydrogens is 424 g/mol. The zero-order valence-electron chi connectivity index (χ0n) is 20.4.